The van der Waals surface area contributed by atoms with Crippen LogP contribution in [0.5, 0.6) is 0 Å². The maximum Gasteiger partial charge on any atom is 0.323 e. The maximum absolute atomic E-state index is 11.7. The molecular formula is C8H13NO4S. The average Bonchev–Trinajstić information content (AvgIpc) is 2.72. The number of fused-ring (bicyclic) bond motifs is 1. The van der Waals surface area contributed by atoms with Crippen LogP contribution in [-0.2, 0) is 14.8 Å². The first-order valence-corrected chi connectivity index (χ1v) is 6.15. The molecule has 0 amide bonds. The van der Waals surface area contributed by atoms with E-state index in [0.29, 0.717) is 24.9 Å². The average molecular weight is 219 g/mol. The summed E-state index contributed by atoms with van der Waals surface area (Å²) in [6.45, 7) is 2.26. The lowest BCUT2D eigenvalue weighted by atomic mass is 10.4. The molecule has 0 aromatic carbocycles. The number of piperidine rings is 1. The van der Waals surface area contributed by atoms with Crippen LogP contribution >= 0.6 is 0 Å². The van der Waals surface area contributed by atoms with Gasteiger partial charge in [0.2, 0.25) is 10.0 Å². The Balaban J connectivity index is 2.12. The zero-order valence-corrected chi connectivity index (χ0v) is 8.70. The van der Waals surface area contributed by atoms with Crippen molar-refractivity contribution in [3.05, 3.63) is 0 Å². The van der Waals surface area contributed by atoms with E-state index in [1.54, 1.807) is 0 Å². The van der Waals surface area contributed by atoms with Crippen molar-refractivity contribution in [2.75, 3.05) is 13.1 Å². The molecule has 2 aliphatic rings. The van der Waals surface area contributed by atoms with Crippen molar-refractivity contribution in [2.45, 2.75) is 18.6 Å². The van der Waals surface area contributed by atoms with Gasteiger partial charge in [-0.1, -0.05) is 0 Å². The van der Waals surface area contributed by atoms with E-state index in [2.05, 4.69) is 0 Å². The molecule has 6 heteroatoms. The predicted octanol–water partition coefficient (Wildman–Crippen LogP) is -0.259. The molecule has 0 spiro atoms. The van der Waals surface area contributed by atoms with Crippen molar-refractivity contribution < 1.29 is 18.3 Å². The zero-order valence-electron chi connectivity index (χ0n) is 7.88. The highest BCUT2D eigenvalue weighted by atomic mass is 32.2. The van der Waals surface area contributed by atoms with Gasteiger partial charge in [0.25, 0.3) is 0 Å². The second-order valence-corrected chi connectivity index (χ2v) is 6.35. The van der Waals surface area contributed by atoms with Gasteiger partial charge in [-0.2, -0.15) is 0 Å². The number of hydrogen-bond donors (Lipinski definition) is 1. The summed E-state index contributed by atoms with van der Waals surface area (Å²) in [5.41, 5.74) is 0. The number of carboxylic acids is 1. The van der Waals surface area contributed by atoms with E-state index in [4.69, 9.17) is 5.11 Å². The van der Waals surface area contributed by atoms with Crippen molar-refractivity contribution in [1.29, 1.82) is 0 Å². The number of nitrogens with zero attached hydrogens (tertiary/aromatic N) is 1. The molecule has 3 atom stereocenters. The number of carboxylic acid groups (broad SMARTS) is 1. The second-order valence-electron chi connectivity index (χ2n) is 4.10. The smallest absolute Gasteiger partial charge is 0.323 e. The molecule has 5 nitrogen and oxygen atoms in total. The molecule has 80 valence electrons. The van der Waals surface area contributed by atoms with Crippen LogP contribution in [0.2, 0.25) is 0 Å². The number of aliphatic carboxylic acids is 1. The first-order valence-electron chi connectivity index (χ1n) is 4.64. The normalized spacial score (nSPS) is 33.8. The molecule has 1 heterocycles. The Kier molecular flexibility index (Phi) is 2.08. The summed E-state index contributed by atoms with van der Waals surface area (Å²) >= 11 is 0. The summed E-state index contributed by atoms with van der Waals surface area (Å²) in [7, 11) is -3.61. The molecule has 3 unspecified atom stereocenters. The van der Waals surface area contributed by atoms with Crippen molar-refractivity contribution in [3.8, 4) is 0 Å². The number of hydrogen-bond acceptors (Lipinski definition) is 3. The summed E-state index contributed by atoms with van der Waals surface area (Å²) < 4.78 is 24.7. The minimum Gasteiger partial charge on any atom is -0.480 e. The molecule has 0 bridgehead atoms. The molecule has 1 aliphatic heterocycles. The Bertz CT molecular complexity index is 354. The topological polar surface area (TPSA) is 74.7 Å². The van der Waals surface area contributed by atoms with Gasteiger partial charge in [-0.05, 0) is 25.2 Å². The van der Waals surface area contributed by atoms with Crippen LogP contribution in [0.1, 0.15) is 13.3 Å². The van der Waals surface area contributed by atoms with Gasteiger partial charge in [-0.15, -0.1) is 0 Å². The summed E-state index contributed by atoms with van der Waals surface area (Å²) in [5.74, 6) is -0.290. The van der Waals surface area contributed by atoms with E-state index < -0.39 is 21.2 Å². The second kappa shape index (κ2) is 2.93. The lowest BCUT2D eigenvalue weighted by molar-refractivity contribution is -0.136. The van der Waals surface area contributed by atoms with E-state index in [0.717, 1.165) is 6.42 Å². The Hall–Kier alpha value is -0.620. The van der Waals surface area contributed by atoms with Gasteiger partial charge in [-0.3, -0.25) is 4.79 Å². The number of rotatable bonds is 3. The lowest BCUT2D eigenvalue weighted by Gasteiger charge is -2.20. The van der Waals surface area contributed by atoms with Crippen molar-refractivity contribution in [2.24, 2.45) is 11.8 Å². The van der Waals surface area contributed by atoms with Gasteiger partial charge in [-0.25, -0.2) is 12.7 Å². The number of sulfonamides is 1. The predicted molar refractivity (Wildman–Crippen MR) is 49.2 cm³/mol. The summed E-state index contributed by atoms with van der Waals surface area (Å²) in [4.78, 5) is 10.6. The van der Waals surface area contributed by atoms with E-state index >= 15 is 0 Å². The highest BCUT2D eigenvalue weighted by Gasteiger charge is 2.50. The van der Waals surface area contributed by atoms with Gasteiger partial charge < -0.3 is 5.11 Å². The van der Waals surface area contributed by atoms with Crippen molar-refractivity contribution >= 4 is 16.0 Å². The number of carbonyl (C=O) groups is 1. The van der Waals surface area contributed by atoms with Crippen LogP contribution in [0.3, 0.4) is 0 Å². The maximum atomic E-state index is 11.7. The van der Waals surface area contributed by atoms with Crippen LogP contribution in [0.25, 0.3) is 0 Å². The third kappa shape index (κ3) is 1.42. The lowest BCUT2D eigenvalue weighted by Crippen LogP contribution is -2.40. The zero-order chi connectivity index (χ0) is 10.5. The third-order valence-corrected chi connectivity index (χ3v) is 5.21. The molecule has 1 aliphatic carbocycles. The van der Waals surface area contributed by atoms with Gasteiger partial charge in [0.1, 0.15) is 0 Å². The summed E-state index contributed by atoms with van der Waals surface area (Å²) in [6, 6.07) is 0. The molecule has 2 rings (SSSR count). The minimum atomic E-state index is -3.61. The molecule has 2 fully saturated rings. The fourth-order valence-corrected chi connectivity index (χ4v) is 3.41. The van der Waals surface area contributed by atoms with Gasteiger partial charge in [0.15, 0.2) is 5.25 Å². The highest BCUT2D eigenvalue weighted by Crippen LogP contribution is 2.46. The molecule has 14 heavy (non-hydrogen) atoms. The molecule has 0 aromatic rings. The monoisotopic (exact) mass is 219 g/mol. The Morgan fingerprint density at radius 2 is 1.93 bits per heavy atom. The van der Waals surface area contributed by atoms with Crippen LogP contribution in [0.4, 0.5) is 0 Å². The van der Waals surface area contributed by atoms with Crippen LogP contribution < -0.4 is 0 Å². The Morgan fingerprint density at radius 1 is 1.43 bits per heavy atom. The fraction of sp³-hybridized carbons (Fsp3) is 0.875. The molecule has 0 aromatic heterocycles. The van der Waals surface area contributed by atoms with Gasteiger partial charge in [0, 0.05) is 13.1 Å². The molecule has 1 saturated heterocycles. The van der Waals surface area contributed by atoms with E-state index in [1.165, 1.54) is 11.2 Å². The standard InChI is InChI=1S/C8H13NO4S/c1-5(8(10)11)14(12,13)9-3-6-2-7(6)4-9/h5-7H,2-4H2,1H3,(H,10,11). The Morgan fingerprint density at radius 3 is 2.36 bits per heavy atom. The first kappa shape index (κ1) is 9.92. The van der Waals surface area contributed by atoms with Crippen LogP contribution in [-0.4, -0.2) is 42.1 Å². The van der Waals surface area contributed by atoms with Gasteiger partial charge >= 0.3 is 5.97 Å². The van der Waals surface area contributed by atoms with E-state index in [9.17, 15) is 13.2 Å². The SMILES string of the molecule is CC(C(=O)O)S(=O)(=O)N1CC2CC2C1. The quantitative estimate of drug-likeness (QED) is 0.709. The minimum absolute atomic E-state index is 0.491. The van der Waals surface area contributed by atoms with Gasteiger partial charge in [0.05, 0.1) is 0 Å². The van der Waals surface area contributed by atoms with E-state index in [-0.39, 0.29) is 0 Å². The largest absolute Gasteiger partial charge is 0.480 e. The third-order valence-electron chi connectivity index (χ3n) is 3.10. The van der Waals surface area contributed by atoms with Crippen LogP contribution in [0, 0.1) is 11.8 Å². The Labute approximate surface area is 82.8 Å². The summed E-state index contributed by atoms with van der Waals surface area (Å²) in [5, 5.41) is 7.33. The summed E-state index contributed by atoms with van der Waals surface area (Å²) in [6.07, 6.45) is 1.10. The first-order chi connectivity index (χ1) is 6.43. The fourth-order valence-electron chi connectivity index (χ4n) is 1.91. The van der Waals surface area contributed by atoms with E-state index in [1.807, 2.05) is 0 Å². The van der Waals surface area contributed by atoms with Crippen LogP contribution in [0.15, 0.2) is 0 Å². The molecule has 1 saturated carbocycles. The molecule has 1 N–H and O–H groups in total. The molecule has 0 radical (unpaired) electrons. The van der Waals surface area contributed by atoms with Crippen molar-refractivity contribution in [3.63, 3.8) is 0 Å². The highest BCUT2D eigenvalue weighted by molar-refractivity contribution is 7.90. The molecular weight excluding hydrogens is 206 g/mol. The van der Waals surface area contributed by atoms with Crippen molar-refractivity contribution in [1.82, 2.24) is 4.31 Å².